The topological polar surface area (TPSA) is 83.9 Å². The zero-order valence-electron chi connectivity index (χ0n) is 13.1. The van der Waals surface area contributed by atoms with Crippen molar-refractivity contribution in [2.24, 2.45) is 0 Å². The number of methoxy groups -OCH3 is 1. The maximum atomic E-state index is 13.0. The first-order chi connectivity index (χ1) is 11.3. The van der Waals surface area contributed by atoms with Crippen LogP contribution in [-0.2, 0) is 14.8 Å². The van der Waals surface area contributed by atoms with Crippen LogP contribution in [0.25, 0.3) is 0 Å². The van der Waals surface area contributed by atoms with Crippen molar-refractivity contribution in [1.82, 2.24) is 0 Å². The second-order valence-corrected chi connectivity index (χ2v) is 7.70. The molecule has 2 aromatic rings. The van der Waals surface area contributed by atoms with Crippen molar-refractivity contribution in [3.05, 3.63) is 52.5 Å². The molecule has 128 valence electrons. The summed E-state index contributed by atoms with van der Waals surface area (Å²) in [5, 5.41) is 9.15. The molecule has 6 nitrogen and oxygen atoms in total. The number of rotatable bonds is 6. The number of carboxylic acid groups (broad SMARTS) is 1. The molecule has 0 aromatic heterocycles. The molecule has 0 aliphatic rings. The van der Waals surface area contributed by atoms with Gasteiger partial charge in [-0.1, -0.05) is 18.2 Å². The number of halogens is 1. The Labute approximate surface area is 148 Å². The number of sulfonamides is 1. The highest BCUT2D eigenvalue weighted by Gasteiger charge is 2.28. The van der Waals surface area contributed by atoms with Crippen molar-refractivity contribution in [2.45, 2.75) is 11.8 Å². The SMILES string of the molecule is COc1ccc(S(=O)(=O)N(CC(=O)O)c2ccccc2C)cc1Br. The average molecular weight is 414 g/mol. The molecule has 0 radical (unpaired) electrons. The second-order valence-electron chi connectivity index (χ2n) is 4.99. The maximum Gasteiger partial charge on any atom is 0.324 e. The van der Waals surface area contributed by atoms with Crippen LogP contribution in [0, 0.1) is 6.92 Å². The highest BCUT2D eigenvalue weighted by molar-refractivity contribution is 9.10. The van der Waals surface area contributed by atoms with E-state index >= 15 is 0 Å². The van der Waals surface area contributed by atoms with Gasteiger partial charge in [0.2, 0.25) is 0 Å². The Bertz CT molecular complexity index is 867. The van der Waals surface area contributed by atoms with Crippen LogP contribution in [0.1, 0.15) is 5.56 Å². The largest absolute Gasteiger partial charge is 0.496 e. The summed E-state index contributed by atoms with van der Waals surface area (Å²) in [6, 6.07) is 11.0. The van der Waals surface area contributed by atoms with Crippen molar-refractivity contribution in [3.63, 3.8) is 0 Å². The van der Waals surface area contributed by atoms with Gasteiger partial charge >= 0.3 is 5.97 Å². The van der Waals surface area contributed by atoms with Crippen LogP contribution >= 0.6 is 15.9 Å². The Balaban J connectivity index is 2.58. The number of anilines is 1. The minimum atomic E-state index is -4.05. The number of carboxylic acids is 1. The molecule has 24 heavy (non-hydrogen) atoms. The van der Waals surface area contributed by atoms with E-state index in [0.29, 0.717) is 21.5 Å². The van der Waals surface area contributed by atoms with Crippen LogP contribution in [0.4, 0.5) is 5.69 Å². The molecule has 0 fully saturated rings. The molecule has 0 spiro atoms. The van der Waals surface area contributed by atoms with Crippen molar-refractivity contribution < 1.29 is 23.1 Å². The van der Waals surface area contributed by atoms with Gasteiger partial charge in [-0.05, 0) is 52.7 Å². The number of para-hydroxylation sites is 1. The summed E-state index contributed by atoms with van der Waals surface area (Å²) < 4.78 is 32.4. The standard InChI is InChI=1S/C16H16BrNO5S/c1-11-5-3-4-6-14(11)18(10-16(19)20)24(21,22)12-7-8-15(23-2)13(17)9-12/h3-9H,10H2,1-2H3,(H,19,20). The first-order valence-corrected chi connectivity index (χ1v) is 9.14. The predicted molar refractivity (Wildman–Crippen MR) is 94.0 cm³/mol. The van der Waals surface area contributed by atoms with Gasteiger partial charge in [-0.15, -0.1) is 0 Å². The smallest absolute Gasteiger partial charge is 0.324 e. The van der Waals surface area contributed by atoms with Crippen LogP contribution in [-0.4, -0.2) is 33.1 Å². The Morgan fingerprint density at radius 2 is 1.92 bits per heavy atom. The van der Waals surface area contributed by atoms with Gasteiger partial charge < -0.3 is 9.84 Å². The van der Waals surface area contributed by atoms with E-state index in [9.17, 15) is 13.2 Å². The summed E-state index contributed by atoms with van der Waals surface area (Å²) in [4.78, 5) is 11.2. The number of nitrogens with zero attached hydrogens (tertiary/aromatic N) is 1. The number of carbonyl (C=O) groups is 1. The van der Waals surface area contributed by atoms with E-state index in [4.69, 9.17) is 9.84 Å². The minimum absolute atomic E-state index is 0.0281. The molecule has 0 bridgehead atoms. The van der Waals surface area contributed by atoms with Gasteiger partial charge in [0.15, 0.2) is 0 Å². The van der Waals surface area contributed by atoms with Crippen LogP contribution < -0.4 is 9.04 Å². The molecule has 0 amide bonds. The molecule has 0 saturated carbocycles. The highest BCUT2D eigenvalue weighted by atomic mass is 79.9. The molecular formula is C16H16BrNO5S. The van der Waals surface area contributed by atoms with Crippen LogP contribution in [0.3, 0.4) is 0 Å². The molecule has 0 saturated heterocycles. The summed E-state index contributed by atoms with van der Waals surface area (Å²) in [6.07, 6.45) is 0. The number of benzene rings is 2. The average Bonchev–Trinajstić information content (AvgIpc) is 2.53. The highest BCUT2D eigenvalue weighted by Crippen LogP contribution is 2.31. The van der Waals surface area contributed by atoms with E-state index in [2.05, 4.69) is 15.9 Å². The summed E-state index contributed by atoms with van der Waals surface area (Å²) in [6.45, 7) is 1.06. The monoisotopic (exact) mass is 413 g/mol. The third-order valence-corrected chi connectivity index (χ3v) is 5.75. The first kappa shape index (κ1) is 18.3. The number of ether oxygens (including phenoxy) is 1. The lowest BCUT2D eigenvalue weighted by Gasteiger charge is -2.24. The second kappa shape index (κ2) is 7.23. The molecule has 0 aliphatic heterocycles. The Kier molecular flexibility index (Phi) is 5.51. The summed E-state index contributed by atoms with van der Waals surface area (Å²) in [7, 11) is -2.58. The summed E-state index contributed by atoms with van der Waals surface area (Å²) in [5.41, 5.74) is 0.988. The van der Waals surface area contributed by atoms with Gasteiger partial charge in [0.05, 0.1) is 22.2 Å². The zero-order chi connectivity index (χ0) is 17.9. The third kappa shape index (κ3) is 3.70. The van der Waals surface area contributed by atoms with Gasteiger partial charge in [0.25, 0.3) is 10.0 Å². The van der Waals surface area contributed by atoms with Crippen LogP contribution in [0.15, 0.2) is 51.8 Å². The van der Waals surface area contributed by atoms with E-state index in [1.54, 1.807) is 31.2 Å². The van der Waals surface area contributed by atoms with Crippen molar-refractivity contribution in [1.29, 1.82) is 0 Å². The van der Waals surface area contributed by atoms with Gasteiger partial charge in [-0.25, -0.2) is 8.42 Å². The molecule has 0 atom stereocenters. The predicted octanol–water partition coefficient (Wildman–Crippen LogP) is 3.05. The maximum absolute atomic E-state index is 13.0. The van der Waals surface area contributed by atoms with E-state index in [0.717, 1.165) is 4.31 Å². The fourth-order valence-corrected chi connectivity index (χ4v) is 4.40. The third-order valence-electron chi connectivity index (χ3n) is 3.37. The molecule has 0 heterocycles. The molecular weight excluding hydrogens is 398 g/mol. The van der Waals surface area contributed by atoms with E-state index in [1.165, 1.54) is 25.3 Å². The fourth-order valence-electron chi connectivity index (χ4n) is 2.20. The lowest BCUT2D eigenvalue weighted by Crippen LogP contribution is -2.36. The summed E-state index contributed by atoms with van der Waals surface area (Å²) >= 11 is 3.25. The van der Waals surface area contributed by atoms with E-state index in [-0.39, 0.29) is 4.90 Å². The van der Waals surface area contributed by atoms with Gasteiger partial charge in [0.1, 0.15) is 12.3 Å². The van der Waals surface area contributed by atoms with Crippen molar-refractivity contribution in [2.75, 3.05) is 18.0 Å². The first-order valence-electron chi connectivity index (χ1n) is 6.91. The zero-order valence-corrected chi connectivity index (χ0v) is 15.5. The number of aliphatic carboxylic acids is 1. The van der Waals surface area contributed by atoms with E-state index < -0.39 is 22.5 Å². The van der Waals surface area contributed by atoms with Gasteiger partial charge in [-0.2, -0.15) is 0 Å². The quantitative estimate of drug-likeness (QED) is 0.786. The minimum Gasteiger partial charge on any atom is -0.496 e. The molecule has 2 aromatic carbocycles. The molecule has 2 rings (SSSR count). The Morgan fingerprint density at radius 3 is 2.46 bits per heavy atom. The van der Waals surface area contributed by atoms with Gasteiger partial charge in [0, 0.05) is 0 Å². The number of hydrogen-bond acceptors (Lipinski definition) is 4. The number of aryl methyl sites for hydroxylation is 1. The van der Waals surface area contributed by atoms with Crippen LogP contribution in [0.2, 0.25) is 0 Å². The lowest BCUT2D eigenvalue weighted by atomic mass is 10.2. The molecule has 0 unspecified atom stereocenters. The lowest BCUT2D eigenvalue weighted by molar-refractivity contribution is -0.135. The van der Waals surface area contributed by atoms with Gasteiger partial charge in [-0.3, -0.25) is 9.10 Å². The van der Waals surface area contributed by atoms with Crippen molar-refractivity contribution in [3.8, 4) is 5.75 Å². The molecule has 8 heteroatoms. The number of hydrogen-bond donors (Lipinski definition) is 1. The molecule has 1 N–H and O–H groups in total. The summed E-state index contributed by atoms with van der Waals surface area (Å²) in [5.74, 6) is -0.760. The normalized spacial score (nSPS) is 11.1. The van der Waals surface area contributed by atoms with Crippen LogP contribution in [0.5, 0.6) is 5.75 Å². The molecule has 0 aliphatic carbocycles. The Hall–Kier alpha value is -2.06. The Morgan fingerprint density at radius 1 is 1.25 bits per heavy atom. The fraction of sp³-hybridized carbons (Fsp3) is 0.188. The van der Waals surface area contributed by atoms with Crippen molar-refractivity contribution >= 4 is 37.6 Å². The van der Waals surface area contributed by atoms with E-state index in [1.807, 2.05) is 0 Å².